The quantitative estimate of drug-likeness (QED) is 0.789. The predicted molar refractivity (Wildman–Crippen MR) is 69.3 cm³/mol. The fraction of sp³-hybridized carbons (Fsp3) is 0.417. The average Bonchev–Trinajstić information content (AvgIpc) is 2.28. The highest BCUT2D eigenvalue weighted by molar-refractivity contribution is 7.90. The first-order chi connectivity index (χ1) is 8.47. The number of nitrogens with one attached hydrogen (secondary N) is 1. The Balaban J connectivity index is 2.14. The second-order valence-electron chi connectivity index (χ2n) is 3.89. The molecular formula is C12H17NO4S. The van der Waals surface area contributed by atoms with Crippen LogP contribution in [0, 0.1) is 0 Å². The van der Waals surface area contributed by atoms with Gasteiger partial charge in [-0.1, -0.05) is 18.2 Å². The van der Waals surface area contributed by atoms with Crippen molar-refractivity contribution in [2.75, 3.05) is 25.2 Å². The number of hydrogen-bond acceptors (Lipinski definition) is 4. The molecule has 5 nitrogen and oxygen atoms in total. The van der Waals surface area contributed by atoms with Crippen LogP contribution in [0.1, 0.15) is 6.42 Å². The molecule has 1 N–H and O–H groups in total. The third kappa shape index (κ3) is 6.90. The van der Waals surface area contributed by atoms with Crippen LogP contribution in [0.4, 0.5) is 0 Å². The van der Waals surface area contributed by atoms with Crippen molar-refractivity contribution in [2.24, 2.45) is 0 Å². The van der Waals surface area contributed by atoms with Crippen molar-refractivity contribution in [1.82, 2.24) is 5.32 Å². The van der Waals surface area contributed by atoms with Crippen molar-refractivity contribution < 1.29 is 17.9 Å². The number of sulfone groups is 1. The maximum Gasteiger partial charge on any atom is 0.223 e. The predicted octanol–water partition coefficient (Wildman–Crippen LogP) is 0.616. The molecule has 1 rings (SSSR count). The van der Waals surface area contributed by atoms with Gasteiger partial charge in [0.1, 0.15) is 15.6 Å². The summed E-state index contributed by atoms with van der Waals surface area (Å²) in [5, 5.41) is 2.53. The lowest BCUT2D eigenvalue weighted by molar-refractivity contribution is -0.121. The molecule has 1 aromatic rings. The fourth-order valence-electron chi connectivity index (χ4n) is 1.24. The van der Waals surface area contributed by atoms with Gasteiger partial charge < -0.3 is 10.1 Å². The number of benzene rings is 1. The number of amides is 1. The molecule has 0 saturated carbocycles. The Morgan fingerprint density at radius 3 is 2.56 bits per heavy atom. The molecule has 0 atom stereocenters. The summed E-state index contributed by atoms with van der Waals surface area (Å²) >= 11 is 0. The van der Waals surface area contributed by atoms with Gasteiger partial charge in [-0.15, -0.1) is 0 Å². The summed E-state index contributed by atoms with van der Waals surface area (Å²) in [7, 11) is -3.03. The van der Waals surface area contributed by atoms with Gasteiger partial charge >= 0.3 is 0 Å². The van der Waals surface area contributed by atoms with Gasteiger partial charge in [-0.05, 0) is 12.1 Å². The highest BCUT2D eigenvalue weighted by Gasteiger charge is 2.05. The Labute approximate surface area is 107 Å². The Hall–Kier alpha value is -1.56. The zero-order valence-corrected chi connectivity index (χ0v) is 11.1. The monoisotopic (exact) mass is 271 g/mol. The van der Waals surface area contributed by atoms with E-state index in [0.717, 1.165) is 6.26 Å². The minimum Gasteiger partial charge on any atom is -0.493 e. The zero-order chi connectivity index (χ0) is 13.4. The summed E-state index contributed by atoms with van der Waals surface area (Å²) in [6.07, 6.45) is 1.34. The summed E-state index contributed by atoms with van der Waals surface area (Å²) in [4.78, 5) is 11.3. The van der Waals surface area contributed by atoms with E-state index in [1.165, 1.54) is 0 Å². The Morgan fingerprint density at radius 1 is 1.28 bits per heavy atom. The van der Waals surface area contributed by atoms with E-state index in [0.29, 0.717) is 5.75 Å². The second-order valence-corrected chi connectivity index (χ2v) is 6.15. The normalized spacial score (nSPS) is 10.9. The first kappa shape index (κ1) is 14.5. The molecule has 0 aliphatic heterocycles. The lowest BCUT2D eigenvalue weighted by atomic mass is 10.3. The molecule has 0 aliphatic rings. The van der Waals surface area contributed by atoms with Crippen molar-refractivity contribution >= 4 is 15.7 Å². The molecule has 18 heavy (non-hydrogen) atoms. The van der Waals surface area contributed by atoms with Crippen molar-refractivity contribution in [3.63, 3.8) is 0 Å². The lowest BCUT2D eigenvalue weighted by Gasteiger charge is -2.06. The van der Waals surface area contributed by atoms with Gasteiger partial charge in [0, 0.05) is 12.8 Å². The molecule has 0 unspecified atom stereocenters. The highest BCUT2D eigenvalue weighted by atomic mass is 32.2. The van der Waals surface area contributed by atoms with E-state index in [9.17, 15) is 13.2 Å². The van der Waals surface area contributed by atoms with Crippen LogP contribution in [0.25, 0.3) is 0 Å². The Kier molecular flexibility index (Phi) is 5.64. The van der Waals surface area contributed by atoms with Crippen LogP contribution in [0.2, 0.25) is 0 Å². The van der Waals surface area contributed by atoms with Crippen LogP contribution in [0.5, 0.6) is 5.75 Å². The third-order valence-electron chi connectivity index (χ3n) is 2.14. The van der Waals surface area contributed by atoms with Crippen LogP contribution < -0.4 is 10.1 Å². The van der Waals surface area contributed by atoms with Gasteiger partial charge in [-0.2, -0.15) is 0 Å². The van der Waals surface area contributed by atoms with Gasteiger partial charge in [0.2, 0.25) is 5.91 Å². The molecule has 0 heterocycles. The number of ether oxygens (including phenoxy) is 1. The van der Waals surface area contributed by atoms with Gasteiger partial charge in [-0.3, -0.25) is 4.79 Å². The highest BCUT2D eigenvalue weighted by Crippen LogP contribution is 2.08. The van der Waals surface area contributed by atoms with E-state index in [-0.39, 0.29) is 31.2 Å². The van der Waals surface area contributed by atoms with Gasteiger partial charge in [0.05, 0.1) is 18.8 Å². The fourth-order valence-corrected chi connectivity index (χ4v) is 1.72. The molecule has 1 aromatic carbocycles. The molecule has 0 fully saturated rings. The topological polar surface area (TPSA) is 72.5 Å². The zero-order valence-electron chi connectivity index (χ0n) is 10.3. The number of rotatable bonds is 7. The molecule has 0 aromatic heterocycles. The smallest absolute Gasteiger partial charge is 0.223 e. The standard InChI is InChI=1S/C12H17NO4S/c1-18(15,16)10-8-13-12(14)7-9-17-11-5-3-2-4-6-11/h2-6H,7-10H2,1H3,(H,13,14). The summed E-state index contributed by atoms with van der Waals surface area (Å²) in [6.45, 7) is 0.414. The van der Waals surface area contributed by atoms with Crippen molar-refractivity contribution in [2.45, 2.75) is 6.42 Å². The van der Waals surface area contributed by atoms with Crippen LogP contribution in [0.3, 0.4) is 0 Å². The number of para-hydroxylation sites is 1. The number of carbonyl (C=O) groups is 1. The summed E-state index contributed by atoms with van der Waals surface area (Å²) < 4.78 is 27.0. The van der Waals surface area contributed by atoms with Gasteiger partial charge in [0.15, 0.2) is 0 Å². The molecule has 0 spiro atoms. The van der Waals surface area contributed by atoms with E-state index in [1.807, 2.05) is 30.3 Å². The minimum atomic E-state index is -3.03. The van der Waals surface area contributed by atoms with Gasteiger partial charge in [-0.25, -0.2) is 8.42 Å². The molecule has 0 radical (unpaired) electrons. The SMILES string of the molecule is CS(=O)(=O)CCNC(=O)CCOc1ccccc1. The Morgan fingerprint density at radius 2 is 1.94 bits per heavy atom. The molecule has 1 amide bonds. The van der Waals surface area contributed by atoms with Crippen LogP contribution >= 0.6 is 0 Å². The molecule has 0 aliphatic carbocycles. The van der Waals surface area contributed by atoms with E-state index >= 15 is 0 Å². The summed E-state index contributed by atoms with van der Waals surface area (Å²) in [5.41, 5.74) is 0. The second kappa shape index (κ2) is 7.00. The maximum absolute atomic E-state index is 11.3. The maximum atomic E-state index is 11.3. The van der Waals surface area contributed by atoms with E-state index in [2.05, 4.69) is 5.32 Å². The van der Waals surface area contributed by atoms with Crippen molar-refractivity contribution in [3.05, 3.63) is 30.3 Å². The molecule has 100 valence electrons. The van der Waals surface area contributed by atoms with E-state index in [1.54, 1.807) is 0 Å². The Bertz CT molecular complexity index is 470. The van der Waals surface area contributed by atoms with Crippen LogP contribution in [-0.4, -0.2) is 39.5 Å². The molecular weight excluding hydrogens is 254 g/mol. The molecule has 0 saturated heterocycles. The number of hydrogen-bond donors (Lipinski definition) is 1. The van der Waals surface area contributed by atoms with Crippen LogP contribution in [-0.2, 0) is 14.6 Å². The average molecular weight is 271 g/mol. The third-order valence-corrected chi connectivity index (χ3v) is 3.08. The molecule has 6 heteroatoms. The van der Waals surface area contributed by atoms with Gasteiger partial charge in [0.25, 0.3) is 0 Å². The summed E-state index contributed by atoms with van der Waals surface area (Å²) in [6, 6.07) is 9.19. The van der Waals surface area contributed by atoms with Crippen LogP contribution in [0.15, 0.2) is 30.3 Å². The largest absolute Gasteiger partial charge is 0.493 e. The van der Waals surface area contributed by atoms with Crippen molar-refractivity contribution in [3.8, 4) is 5.75 Å². The number of carbonyl (C=O) groups excluding carboxylic acids is 1. The molecule has 0 bridgehead atoms. The summed E-state index contributed by atoms with van der Waals surface area (Å²) in [5.74, 6) is 0.453. The lowest BCUT2D eigenvalue weighted by Crippen LogP contribution is -2.29. The first-order valence-corrected chi connectivity index (χ1v) is 7.66. The first-order valence-electron chi connectivity index (χ1n) is 5.59. The minimum absolute atomic E-state index is 0.0434. The van der Waals surface area contributed by atoms with E-state index < -0.39 is 9.84 Å². The van der Waals surface area contributed by atoms with Crippen molar-refractivity contribution in [1.29, 1.82) is 0 Å². The van der Waals surface area contributed by atoms with E-state index in [4.69, 9.17) is 4.74 Å².